The van der Waals surface area contributed by atoms with Crippen molar-refractivity contribution in [2.45, 2.75) is 155 Å². The molecule has 4 N–H and O–H groups in total. The number of carbonyl (C=O) groups excluding carboxylic acids is 2. The fourth-order valence-corrected chi connectivity index (χ4v) is 7.20. The topological polar surface area (TPSA) is 116 Å². The van der Waals surface area contributed by atoms with E-state index in [9.17, 15) is 9.59 Å². The molecular weight excluding hydrogens is 661 g/mol. The highest BCUT2D eigenvalue weighted by Gasteiger charge is 2.45. The van der Waals surface area contributed by atoms with E-state index in [1.165, 1.54) is 7.11 Å². The molecule has 0 amide bonds. The fraction of sp³-hybridized carbons (Fsp3) is 0.600. The third-order valence-electron chi connectivity index (χ3n) is 11.3. The summed E-state index contributed by atoms with van der Waals surface area (Å²) in [5.41, 5.74) is 5.06. The van der Waals surface area contributed by atoms with Crippen LogP contribution in [0.2, 0.25) is 0 Å². The third-order valence-corrected chi connectivity index (χ3v) is 11.3. The molecule has 0 fully saturated rings. The Labute approximate surface area is 324 Å². The largest absolute Gasteiger partial charge is 0.469 e. The van der Waals surface area contributed by atoms with Gasteiger partial charge < -0.3 is 29.4 Å². The first-order chi connectivity index (χ1) is 21.7. The molecule has 0 aromatic carbocycles. The van der Waals surface area contributed by atoms with Crippen LogP contribution in [0.25, 0.3) is 0 Å². The van der Waals surface area contributed by atoms with Crippen LogP contribution in [0, 0.1) is 10.8 Å². The van der Waals surface area contributed by atoms with Crippen molar-refractivity contribution in [3.63, 3.8) is 0 Å². The zero-order chi connectivity index (χ0) is 34.8. The van der Waals surface area contributed by atoms with Crippen LogP contribution in [0.5, 0.6) is 0 Å². The number of ether oxygens (including phenoxy) is 2. The zero-order valence-electron chi connectivity index (χ0n) is 30.4. The van der Waals surface area contributed by atoms with E-state index in [-0.39, 0.29) is 79.4 Å². The highest BCUT2D eigenvalue weighted by molar-refractivity contribution is 5.80. The quantitative estimate of drug-likeness (QED) is 0.141. The Morgan fingerprint density at radius 1 is 0.547 bits per heavy atom. The standard InChI is InChI=1S/C39H54N4O4.6CH4/c1-13-38(10,22-34(2,3)32(44)46-12)33(45)47-23-39(11)30-20-18-28(42-30)36(6,7)26-16-14-24(40-26)35(4,5)25-15-17-27(41-25)37(8,9)29-19-21-31(39)43-29;;;;;;/h14-21,40-43H,13,22-23H2,1-12H3;6*1H4. The molecule has 1 aliphatic heterocycles. The van der Waals surface area contributed by atoms with Crippen LogP contribution in [0.1, 0.15) is 179 Å². The van der Waals surface area contributed by atoms with Crippen LogP contribution in [0.4, 0.5) is 0 Å². The third kappa shape index (κ3) is 8.57. The Morgan fingerprint density at radius 2 is 0.830 bits per heavy atom. The first kappa shape index (κ1) is 51.2. The van der Waals surface area contributed by atoms with E-state index >= 15 is 0 Å². The summed E-state index contributed by atoms with van der Waals surface area (Å²) in [5.74, 6) is -0.672. The lowest BCUT2D eigenvalue weighted by atomic mass is 9.72. The fourth-order valence-electron chi connectivity index (χ4n) is 7.20. The molecule has 302 valence electrons. The lowest BCUT2D eigenvalue weighted by Gasteiger charge is -2.35. The highest BCUT2D eigenvalue weighted by Crippen LogP contribution is 2.43. The minimum Gasteiger partial charge on any atom is -0.469 e. The number of hydrogen-bond acceptors (Lipinski definition) is 4. The van der Waals surface area contributed by atoms with E-state index in [4.69, 9.17) is 9.47 Å². The maximum atomic E-state index is 13.9. The summed E-state index contributed by atoms with van der Waals surface area (Å²) in [6.07, 6.45) is 0.838. The van der Waals surface area contributed by atoms with Crippen molar-refractivity contribution in [1.29, 1.82) is 0 Å². The van der Waals surface area contributed by atoms with Gasteiger partial charge in [0.1, 0.15) is 6.61 Å². The van der Waals surface area contributed by atoms with Crippen LogP contribution in [0.3, 0.4) is 0 Å². The maximum Gasteiger partial charge on any atom is 0.311 e. The first-order valence-corrected chi connectivity index (χ1v) is 16.8. The predicted molar refractivity (Wildman–Crippen MR) is 226 cm³/mol. The predicted octanol–water partition coefficient (Wildman–Crippen LogP) is 12.0. The Bertz CT molecular complexity index is 1680. The van der Waals surface area contributed by atoms with Crippen LogP contribution < -0.4 is 0 Å². The van der Waals surface area contributed by atoms with Gasteiger partial charge in [0.05, 0.1) is 23.4 Å². The minimum absolute atomic E-state index is 0. The summed E-state index contributed by atoms with van der Waals surface area (Å²) in [7, 11) is 1.38. The van der Waals surface area contributed by atoms with Gasteiger partial charge >= 0.3 is 11.9 Å². The van der Waals surface area contributed by atoms with Gasteiger partial charge in [-0.15, -0.1) is 0 Å². The number of hydrogen-bond donors (Lipinski definition) is 4. The lowest BCUT2D eigenvalue weighted by molar-refractivity contribution is -0.162. The summed E-state index contributed by atoms with van der Waals surface area (Å²) in [5, 5.41) is 0. The SMILES string of the molecule is C.C.C.C.C.C.CCC(C)(CC(C)(C)C(=O)OC)C(=O)OCC1(C)c2ccc([nH]2)C(C)(C)c2ccc([nH]2)C(C)(C)c2ccc([nH]2)C(C)(C)c2ccc1[nH]2. The second-order valence-corrected chi connectivity index (χ2v) is 16.4. The molecule has 1 atom stereocenters. The van der Waals surface area contributed by atoms with E-state index in [1.807, 2.05) is 27.7 Å². The number of fused-ring (bicyclic) bond motifs is 8. The van der Waals surface area contributed by atoms with Gasteiger partial charge in [-0.05, 0) is 131 Å². The summed E-state index contributed by atoms with van der Waals surface area (Å²) < 4.78 is 11.3. The summed E-state index contributed by atoms with van der Waals surface area (Å²) in [6.45, 7) is 23.0. The van der Waals surface area contributed by atoms with Gasteiger partial charge in [-0.3, -0.25) is 9.59 Å². The van der Waals surface area contributed by atoms with Crippen LogP contribution in [-0.4, -0.2) is 45.6 Å². The molecule has 4 aromatic rings. The van der Waals surface area contributed by atoms with Crippen molar-refractivity contribution in [1.82, 2.24) is 19.9 Å². The van der Waals surface area contributed by atoms with E-state index in [0.29, 0.717) is 12.8 Å². The molecule has 0 aliphatic carbocycles. The van der Waals surface area contributed by atoms with Gasteiger partial charge in [0.2, 0.25) is 0 Å². The van der Waals surface area contributed by atoms with Crippen LogP contribution in [0.15, 0.2) is 48.5 Å². The molecule has 8 nitrogen and oxygen atoms in total. The van der Waals surface area contributed by atoms with Crippen molar-refractivity contribution in [3.8, 4) is 0 Å². The Hall–Kier alpha value is -3.94. The molecule has 5 heterocycles. The smallest absolute Gasteiger partial charge is 0.311 e. The monoisotopic (exact) mass is 739 g/mol. The summed E-state index contributed by atoms with van der Waals surface area (Å²) >= 11 is 0. The molecule has 1 unspecified atom stereocenters. The van der Waals surface area contributed by atoms with E-state index in [2.05, 4.69) is 117 Å². The van der Waals surface area contributed by atoms with Gasteiger partial charge in [0, 0.05) is 61.8 Å². The summed E-state index contributed by atoms with van der Waals surface area (Å²) in [6, 6.07) is 17.2. The molecule has 1 aliphatic rings. The molecule has 4 aromatic heterocycles. The van der Waals surface area contributed by atoms with Crippen LogP contribution >= 0.6 is 0 Å². The van der Waals surface area contributed by atoms with E-state index < -0.39 is 16.2 Å². The van der Waals surface area contributed by atoms with Crippen molar-refractivity contribution in [2.75, 3.05) is 13.7 Å². The number of aromatic nitrogens is 4. The normalized spacial score (nSPS) is 16.9. The molecule has 0 saturated carbocycles. The summed E-state index contributed by atoms with van der Waals surface area (Å²) in [4.78, 5) is 41.5. The molecule has 0 spiro atoms. The van der Waals surface area contributed by atoms with Crippen molar-refractivity contribution >= 4 is 11.9 Å². The van der Waals surface area contributed by atoms with Gasteiger partial charge in [-0.2, -0.15) is 0 Å². The maximum absolute atomic E-state index is 13.9. The average molecular weight is 739 g/mol. The lowest BCUT2D eigenvalue weighted by Crippen LogP contribution is -2.40. The minimum atomic E-state index is -0.872. The van der Waals surface area contributed by atoms with Crippen molar-refractivity contribution in [2.24, 2.45) is 10.8 Å². The second-order valence-electron chi connectivity index (χ2n) is 16.4. The Kier molecular flexibility index (Phi) is 16.4. The van der Waals surface area contributed by atoms with Crippen LogP contribution in [-0.2, 0) is 40.7 Å². The molecule has 0 saturated heterocycles. The number of esters is 2. The van der Waals surface area contributed by atoms with Gasteiger partial charge in [-0.25, -0.2) is 0 Å². The molecule has 0 radical (unpaired) electrons. The Balaban J connectivity index is 0. The first-order valence-electron chi connectivity index (χ1n) is 16.8. The number of aromatic amines is 4. The highest BCUT2D eigenvalue weighted by atomic mass is 16.5. The van der Waals surface area contributed by atoms with E-state index in [1.54, 1.807) is 0 Å². The van der Waals surface area contributed by atoms with E-state index in [0.717, 1.165) is 45.6 Å². The number of nitrogens with one attached hydrogen (secondary N) is 4. The molecule has 53 heavy (non-hydrogen) atoms. The Morgan fingerprint density at radius 3 is 1.11 bits per heavy atom. The van der Waals surface area contributed by atoms with Gasteiger partial charge in [-0.1, -0.05) is 51.5 Å². The van der Waals surface area contributed by atoms with Crippen molar-refractivity contribution in [3.05, 3.63) is 94.1 Å². The number of carbonyl (C=O) groups is 2. The number of H-pyrrole nitrogens is 4. The van der Waals surface area contributed by atoms with Crippen molar-refractivity contribution < 1.29 is 19.1 Å². The molecule has 8 heteroatoms. The molecule has 5 rings (SSSR count). The number of rotatable bonds is 7. The zero-order valence-corrected chi connectivity index (χ0v) is 30.4. The van der Waals surface area contributed by atoms with Gasteiger partial charge in [0.25, 0.3) is 0 Å². The number of methoxy groups -OCH3 is 1. The molecular formula is C45H78N4O4. The average Bonchev–Trinajstić information content (AvgIpc) is 3.84. The molecule has 8 bridgehead atoms. The van der Waals surface area contributed by atoms with Gasteiger partial charge in [0.15, 0.2) is 0 Å². The second kappa shape index (κ2) is 17.0.